The predicted octanol–water partition coefficient (Wildman–Crippen LogP) is -0.503. The molecular weight excluding hydrogens is 421 g/mol. The second-order valence-electron chi connectivity index (χ2n) is 3.30. The Morgan fingerprint density at radius 3 is 0.833 bits per heavy atom. The van der Waals surface area contributed by atoms with Crippen molar-refractivity contribution in [3.63, 3.8) is 0 Å². The van der Waals surface area contributed by atoms with Crippen LogP contribution in [-0.2, 0) is 26.9 Å². The third kappa shape index (κ3) is 15.1. The molecule has 0 fully saturated rings. The van der Waals surface area contributed by atoms with Gasteiger partial charge < -0.3 is 9.11 Å². The van der Waals surface area contributed by atoms with E-state index < -0.39 is 21.2 Å². The largest absolute Gasteiger partial charge is 2.00 e. The fourth-order valence-electron chi connectivity index (χ4n) is 0.424. The molecule has 0 aliphatic carbocycles. The summed E-state index contributed by atoms with van der Waals surface area (Å²) < 4.78 is 34.1. The van der Waals surface area contributed by atoms with Crippen molar-refractivity contribution in [3.05, 3.63) is 0 Å². The van der Waals surface area contributed by atoms with Crippen molar-refractivity contribution in [1.29, 1.82) is 31.6 Å². The smallest absolute Gasteiger partial charge is 0.759 e. The summed E-state index contributed by atoms with van der Waals surface area (Å²) in [6.45, 7) is 0. The third-order valence-electron chi connectivity index (χ3n) is 1.76. The fourth-order valence-corrected chi connectivity index (χ4v) is 0.972. The predicted molar refractivity (Wildman–Crippen MR) is 78.2 cm³/mol. The summed E-state index contributed by atoms with van der Waals surface area (Å²) in [6, 6.07) is 9.73. The van der Waals surface area contributed by atoms with Crippen LogP contribution in [0, 0.1) is 78.8 Å². The second kappa shape index (κ2) is 14.7. The molecule has 0 radical (unpaired) electrons. The maximum Gasteiger partial charge on any atom is 2.00 e. The zero-order valence-electron chi connectivity index (χ0n) is 11.6. The van der Waals surface area contributed by atoms with E-state index >= 15 is 0 Å². The van der Waals surface area contributed by atoms with Crippen LogP contribution in [0.5, 0.6) is 0 Å². The van der Waals surface area contributed by atoms with Gasteiger partial charge in [-0.05, 0) is 0 Å². The number of hydrogen-bond acceptors (Lipinski definition) is 10. The van der Waals surface area contributed by atoms with Crippen LogP contribution in [0.4, 0.5) is 0 Å². The first-order valence-corrected chi connectivity index (χ1v) is 8.00. The van der Waals surface area contributed by atoms with Crippen LogP contribution in [0.3, 0.4) is 0 Å². The van der Waals surface area contributed by atoms with E-state index in [0.29, 0.717) is 0 Å². The summed E-state index contributed by atoms with van der Waals surface area (Å²) >= 11 is 0. The maximum atomic E-state index is 8.52. The molecule has 0 rings (SSSR count). The Kier molecular flexibility index (Phi) is 18.5. The first-order chi connectivity index (χ1) is 10.5. The van der Waals surface area contributed by atoms with E-state index in [2.05, 4.69) is 18.5 Å². The van der Waals surface area contributed by atoms with Gasteiger partial charge >= 0.3 is 16.5 Å². The van der Waals surface area contributed by atoms with Gasteiger partial charge in [0.15, 0.2) is 0 Å². The number of rotatable bonds is 2. The van der Waals surface area contributed by atoms with E-state index in [4.69, 9.17) is 49.1 Å². The van der Waals surface area contributed by atoms with E-state index in [1.54, 1.807) is 36.4 Å². The van der Waals surface area contributed by atoms with Gasteiger partial charge in [0.2, 0.25) is 10.8 Å². The van der Waals surface area contributed by atoms with Gasteiger partial charge in [-0.25, -0.2) is 0 Å². The van der Waals surface area contributed by atoms with Gasteiger partial charge in [0, 0.05) is 22.7 Å². The Bertz CT molecular complexity index is 617. The minimum absolute atomic E-state index is 0. The molecule has 128 valence electrons. The molecule has 2 unspecified atom stereocenters. The van der Waals surface area contributed by atoms with Crippen molar-refractivity contribution in [3.8, 4) is 36.4 Å². The molecule has 24 heavy (non-hydrogen) atoms. The van der Waals surface area contributed by atoms with Gasteiger partial charge in [-0.1, -0.05) is 0 Å². The second-order valence-corrected chi connectivity index (χ2v) is 4.93. The summed E-state index contributed by atoms with van der Waals surface area (Å²) in [7, 11) is -0.785. The van der Waals surface area contributed by atoms with Crippen LogP contribution >= 0.6 is 18.5 Å². The van der Waals surface area contributed by atoms with Crippen LogP contribution in [0.15, 0.2) is 0 Å². The standard InChI is InChI=1S/2C5H4N3P.Ni.H2O4S/c2*6-1-5(2-7,3-8)4-9;;1-5(2,3)4/h2*4,9H2;;(H2,1,2,3,4)/q;;+2;/p-2. The van der Waals surface area contributed by atoms with Gasteiger partial charge in [-0.15, -0.1) is 18.5 Å². The summed E-state index contributed by atoms with van der Waals surface area (Å²) in [5.41, 5.74) is -2.91. The molecule has 10 nitrogen and oxygen atoms in total. The fraction of sp³-hybridized carbons (Fsp3) is 0.400. The molecular formula is C10H8N6NiO4P2S. The van der Waals surface area contributed by atoms with Gasteiger partial charge in [0.25, 0.3) is 0 Å². The Morgan fingerprint density at radius 2 is 0.833 bits per heavy atom. The average Bonchev–Trinajstić information content (AvgIpc) is 2.52. The molecule has 14 heteroatoms. The zero-order valence-corrected chi connectivity index (χ0v) is 15.7. The molecule has 2 atom stereocenters. The third-order valence-corrected chi connectivity index (χ3v) is 2.98. The number of nitrogens with zero attached hydrogens (tertiary/aromatic N) is 6. The summed E-state index contributed by atoms with van der Waals surface area (Å²) in [5, 5.41) is 49.6. The molecule has 0 aromatic rings. The van der Waals surface area contributed by atoms with Gasteiger partial charge in [0.05, 0.1) is 0 Å². The van der Waals surface area contributed by atoms with E-state index in [1.807, 2.05) is 0 Å². The van der Waals surface area contributed by atoms with Gasteiger partial charge in [-0.2, -0.15) is 31.6 Å². The molecule has 0 saturated carbocycles. The van der Waals surface area contributed by atoms with Gasteiger partial charge in [-0.3, -0.25) is 8.42 Å². The summed E-state index contributed by atoms with van der Waals surface area (Å²) in [4.78, 5) is 0. The first kappa shape index (κ1) is 30.1. The van der Waals surface area contributed by atoms with Crippen LogP contribution in [0.1, 0.15) is 0 Å². The molecule has 0 N–H and O–H groups in total. The Morgan fingerprint density at radius 1 is 0.708 bits per heavy atom. The molecule has 0 aliphatic rings. The Labute approximate surface area is 154 Å². The molecule has 0 spiro atoms. The molecule has 0 aromatic carbocycles. The zero-order chi connectivity index (χ0) is 19.2. The van der Waals surface area contributed by atoms with Crippen LogP contribution in [0.2, 0.25) is 0 Å². The molecule has 0 heterocycles. The molecule has 0 amide bonds. The van der Waals surface area contributed by atoms with E-state index in [-0.39, 0.29) is 28.8 Å². The summed E-state index contributed by atoms with van der Waals surface area (Å²) in [5.74, 6) is 0. The molecule has 0 aromatic heterocycles. The van der Waals surface area contributed by atoms with Crippen molar-refractivity contribution in [1.82, 2.24) is 0 Å². The number of hydrogen-bond donors (Lipinski definition) is 0. The van der Waals surface area contributed by atoms with Crippen molar-refractivity contribution >= 4 is 28.9 Å². The maximum absolute atomic E-state index is 8.52. The van der Waals surface area contributed by atoms with Gasteiger partial charge in [0.1, 0.15) is 36.4 Å². The molecule has 0 aliphatic heterocycles. The Hall–Kier alpha value is -1.84. The first-order valence-electron chi connectivity index (χ1n) is 5.03. The van der Waals surface area contributed by atoms with E-state index in [1.165, 1.54) is 0 Å². The van der Waals surface area contributed by atoms with Crippen LogP contribution < -0.4 is 0 Å². The molecule has 0 saturated heterocycles. The molecule has 0 bridgehead atoms. The van der Waals surface area contributed by atoms with Crippen molar-refractivity contribution in [2.45, 2.75) is 0 Å². The van der Waals surface area contributed by atoms with E-state index in [0.717, 1.165) is 0 Å². The SMILES string of the molecule is N#CC(C#N)(C#N)CP.N#CC(C#N)(C#N)CP.O=S(=O)([O-])[O-].[Ni+2]. The van der Waals surface area contributed by atoms with Crippen molar-refractivity contribution < 1.29 is 34.0 Å². The number of nitriles is 6. The van der Waals surface area contributed by atoms with E-state index in [9.17, 15) is 0 Å². The summed E-state index contributed by atoms with van der Waals surface area (Å²) in [6.07, 6.45) is 0.354. The minimum Gasteiger partial charge on any atom is -0.759 e. The minimum atomic E-state index is -5.17. The quantitative estimate of drug-likeness (QED) is 0.237. The monoisotopic (exact) mass is 428 g/mol. The van der Waals surface area contributed by atoms with Crippen LogP contribution in [-0.4, -0.2) is 29.8 Å². The topological polar surface area (TPSA) is 223 Å². The van der Waals surface area contributed by atoms with Crippen molar-refractivity contribution in [2.24, 2.45) is 10.8 Å². The average molecular weight is 429 g/mol. The van der Waals surface area contributed by atoms with Crippen molar-refractivity contribution in [2.75, 3.05) is 12.3 Å². The Balaban J connectivity index is -0.000000128. The normalized spacial score (nSPS) is 8.92. The van der Waals surface area contributed by atoms with Crippen LogP contribution in [0.25, 0.3) is 0 Å².